The summed E-state index contributed by atoms with van der Waals surface area (Å²) in [5, 5.41) is -0.0355. The van der Waals surface area contributed by atoms with E-state index in [1.54, 1.807) is 12.3 Å². The van der Waals surface area contributed by atoms with Crippen molar-refractivity contribution in [3.8, 4) is 11.3 Å². The van der Waals surface area contributed by atoms with E-state index < -0.39 is 5.92 Å². The lowest BCUT2D eigenvalue weighted by atomic mass is 10.0. The van der Waals surface area contributed by atoms with Gasteiger partial charge in [0, 0.05) is 42.9 Å². The minimum atomic E-state index is -3.07. The fourth-order valence-corrected chi connectivity index (χ4v) is 3.48. The van der Waals surface area contributed by atoms with Crippen LogP contribution in [0.4, 0.5) is 8.78 Å². The first kappa shape index (κ1) is 19.3. The number of benzene rings is 2. The van der Waals surface area contributed by atoms with Gasteiger partial charge >= 0.3 is 0 Å². The lowest BCUT2D eigenvalue weighted by molar-refractivity contribution is 0.0176. The molecule has 0 amide bonds. The zero-order valence-electron chi connectivity index (χ0n) is 15.2. The van der Waals surface area contributed by atoms with Crippen LogP contribution in [-0.4, -0.2) is 4.57 Å². The molecular formula is C22H20ClF2NO. The van der Waals surface area contributed by atoms with Gasteiger partial charge in [0.1, 0.15) is 0 Å². The minimum absolute atomic E-state index is 0.0355. The van der Waals surface area contributed by atoms with Crippen molar-refractivity contribution in [1.29, 1.82) is 0 Å². The van der Waals surface area contributed by atoms with Crippen molar-refractivity contribution in [2.45, 2.75) is 32.7 Å². The van der Waals surface area contributed by atoms with Crippen LogP contribution < -0.4 is 5.43 Å². The van der Waals surface area contributed by atoms with E-state index in [9.17, 15) is 13.6 Å². The van der Waals surface area contributed by atoms with Crippen LogP contribution >= 0.6 is 11.6 Å². The second-order valence-electron chi connectivity index (χ2n) is 6.60. The van der Waals surface area contributed by atoms with Crippen LogP contribution in [0, 0.1) is 0 Å². The Kier molecular flexibility index (Phi) is 5.47. The molecule has 0 unspecified atom stereocenters. The van der Waals surface area contributed by atoms with Crippen LogP contribution in [-0.2, 0) is 18.9 Å². The molecule has 3 aromatic rings. The average Bonchev–Trinajstić information content (AvgIpc) is 2.63. The van der Waals surface area contributed by atoms with Crippen LogP contribution in [0.2, 0.25) is 5.02 Å². The van der Waals surface area contributed by atoms with Crippen LogP contribution in [0.25, 0.3) is 11.3 Å². The molecule has 0 saturated heterocycles. The molecule has 0 saturated carbocycles. The molecule has 0 radical (unpaired) electrons. The van der Waals surface area contributed by atoms with E-state index in [1.807, 2.05) is 16.7 Å². The number of aromatic nitrogens is 1. The van der Waals surface area contributed by atoms with Crippen LogP contribution in [0.1, 0.15) is 30.5 Å². The number of aryl methyl sites for hydroxylation is 1. The maximum absolute atomic E-state index is 13.9. The summed E-state index contributed by atoms with van der Waals surface area (Å²) in [6.45, 7) is 3.40. The number of hydrogen-bond donors (Lipinski definition) is 0. The molecule has 0 aliphatic carbocycles. The van der Waals surface area contributed by atoms with E-state index in [0.29, 0.717) is 17.8 Å². The molecule has 27 heavy (non-hydrogen) atoms. The van der Waals surface area contributed by atoms with Gasteiger partial charge in [-0.15, -0.1) is 0 Å². The number of alkyl halides is 2. The summed E-state index contributed by atoms with van der Waals surface area (Å²) in [7, 11) is 0. The van der Waals surface area contributed by atoms with Gasteiger partial charge in [-0.1, -0.05) is 61.0 Å². The van der Waals surface area contributed by atoms with Gasteiger partial charge in [0.25, 0.3) is 5.92 Å². The molecule has 2 nitrogen and oxygen atoms in total. The Hall–Kier alpha value is -2.46. The van der Waals surface area contributed by atoms with E-state index in [2.05, 4.69) is 19.1 Å². The monoisotopic (exact) mass is 387 g/mol. The lowest BCUT2D eigenvalue weighted by Gasteiger charge is -2.18. The molecule has 3 rings (SSSR count). The molecule has 0 atom stereocenters. The molecular weight excluding hydrogens is 368 g/mol. The smallest absolute Gasteiger partial charge is 0.271 e. The highest BCUT2D eigenvalue weighted by Gasteiger charge is 2.28. The van der Waals surface area contributed by atoms with Gasteiger partial charge in [0.15, 0.2) is 5.43 Å². The largest absolute Gasteiger partial charge is 0.343 e. The summed E-state index contributed by atoms with van der Waals surface area (Å²) in [4.78, 5) is 12.0. The normalized spacial score (nSPS) is 11.6. The summed E-state index contributed by atoms with van der Waals surface area (Å²) < 4.78 is 29.6. The predicted octanol–water partition coefficient (Wildman–Crippen LogP) is 5.89. The predicted molar refractivity (Wildman–Crippen MR) is 106 cm³/mol. The fourth-order valence-electron chi connectivity index (χ4n) is 3.09. The molecule has 0 N–H and O–H groups in total. The summed E-state index contributed by atoms with van der Waals surface area (Å²) in [6.07, 6.45) is 2.59. The van der Waals surface area contributed by atoms with Crippen LogP contribution in [0.15, 0.2) is 65.6 Å². The molecule has 1 aromatic heterocycles. The standard InChI is InChI=1S/C22H20ClF2NO/c1-3-15-6-4-7-16(12-15)14-26-11-10-17(27)13-20(26)18-8-5-9-19(21(18)23)22(2,24)25/h4-13H,3,14H2,1-2H3. The number of rotatable bonds is 5. The Morgan fingerprint density at radius 1 is 1.04 bits per heavy atom. The van der Waals surface area contributed by atoms with Gasteiger partial charge in [-0.25, -0.2) is 8.78 Å². The molecule has 0 fully saturated rings. The van der Waals surface area contributed by atoms with Crippen molar-refractivity contribution >= 4 is 11.6 Å². The third-order valence-corrected chi connectivity index (χ3v) is 4.91. The molecule has 140 valence electrons. The van der Waals surface area contributed by atoms with Crippen molar-refractivity contribution < 1.29 is 8.78 Å². The lowest BCUT2D eigenvalue weighted by Crippen LogP contribution is -2.12. The molecule has 0 bridgehead atoms. The van der Waals surface area contributed by atoms with Gasteiger partial charge in [-0.05, 0) is 17.5 Å². The molecule has 2 aromatic carbocycles. The molecule has 5 heteroatoms. The highest BCUT2D eigenvalue weighted by atomic mass is 35.5. The van der Waals surface area contributed by atoms with Crippen molar-refractivity contribution in [2.24, 2.45) is 0 Å². The van der Waals surface area contributed by atoms with Crippen LogP contribution in [0.3, 0.4) is 0 Å². The fraction of sp³-hybridized carbons (Fsp3) is 0.227. The van der Waals surface area contributed by atoms with Crippen molar-refractivity contribution in [2.75, 3.05) is 0 Å². The Labute approximate surface area is 162 Å². The van der Waals surface area contributed by atoms with Crippen molar-refractivity contribution in [1.82, 2.24) is 4.57 Å². The number of halogens is 3. The Balaban J connectivity index is 2.12. The van der Waals surface area contributed by atoms with Crippen LogP contribution in [0.5, 0.6) is 0 Å². The number of pyridine rings is 1. The number of nitrogens with zero attached hydrogens (tertiary/aromatic N) is 1. The summed E-state index contributed by atoms with van der Waals surface area (Å²) >= 11 is 6.31. The number of hydrogen-bond acceptors (Lipinski definition) is 1. The van der Waals surface area contributed by atoms with Gasteiger partial charge in [-0.2, -0.15) is 0 Å². The zero-order valence-corrected chi connectivity index (χ0v) is 15.9. The first-order valence-corrected chi connectivity index (χ1v) is 9.13. The Morgan fingerprint density at radius 2 is 1.74 bits per heavy atom. The highest BCUT2D eigenvalue weighted by Crippen LogP contribution is 2.38. The van der Waals surface area contributed by atoms with E-state index in [1.165, 1.54) is 29.8 Å². The maximum atomic E-state index is 13.9. The molecule has 1 heterocycles. The average molecular weight is 388 g/mol. The van der Waals surface area contributed by atoms with E-state index in [0.717, 1.165) is 18.9 Å². The van der Waals surface area contributed by atoms with Gasteiger partial charge in [0.05, 0.1) is 10.7 Å². The quantitative estimate of drug-likeness (QED) is 0.535. The van der Waals surface area contributed by atoms with E-state index in [4.69, 9.17) is 11.6 Å². The SMILES string of the molecule is CCc1cccc(Cn2ccc(=O)cc2-c2cccc(C(C)(F)F)c2Cl)c1. The van der Waals surface area contributed by atoms with Gasteiger partial charge < -0.3 is 4.57 Å². The van der Waals surface area contributed by atoms with E-state index in [-0.39, 0.29) is 16.0 Å². The summed E-state index contributed by atoms with van der Waals surface area (Å²) in [5.41, 5.74) is 2.75. The Morgan fingerprint density at radius 3 is 2.44 bits per heavy atom. The summed E-state index contributed by atoms with van der Waals surface area (Å²) in [5.74, 6) is -3.07. The zero-order chi connectivity index (χ0) is 19.6. The second kappa shape index (κ2) is 7.65. The van der Waals surface area contributed by atoms with Gasteiger partial charge in [-0.3, -0.25) is 4.79 Å². The Bertz CT molecular complexity index is 1020. The third kappa shape index (κ3) is 4.28. The molecule has 0 spiro atoms. The minimum Gasteiger partial charge on any atom is -0.343 e. The first-order chi connectivity index (χ1) is 12.8. The second-order valence-corrected chi connectivity index (χ2v) is 6.98. The topological polar surface area (TPSA) is 22.0 Å². The first-order valence-electron chi connectivity index (χ1n) is 8.75. The highest BCUT2D eigenvalue weighted by molar-refractivity contribution is 6.34. The summed E-state index contributed by atoms with van der Waals surface area (Å²) in [6, 6.07) is 15.5. The molecule has 0 aliphatic heterocycles. The van der Waals surface area contributed by atoms with E-state index >= 15 is 0 Å². The van der Waals surface area contributed by atoms with Gasteiger partial charge in [0.2, 0.25) is 0 Å². The van der Waals surface area contributed by atoms with Crippen molar-refractivity contribution in [3.63, 3.8) is 0 Å². The van der Waals surface area contributed by atoms with Crippen molar-refractivity contribution in [3.05, 3.63) is 92.7 Å². The molecule has 0 aliphatic rings. The maximum Gasteiger partial charge on any atom is 0.271 e. The third-order valence-electron chi connectivity index (χ3n) is 4.51.